The molecule has 0 radical (unpaired) electrons. The lowest BCUT2D eigenvalue weighted by Gasteiger charge is -2.23. The van der Waals surface area contributed by atoms with Gasteiger partial charge in [-0.3, -0.25) is 14.4 Å². The normalized spacial score (nSPS) is 25.2. The lowest BCUT2D eigenvalue weighted by atomic mass is 9.81. The molecule has 0 bridgehead atoms. The molecule has 3 rings (SSSR count). The van der Waals surface area contributed by atoms with Crippen LogP contribution in [0.4, 0.5) is 0 Å². The lowest BCUT2D eigenvalue weighted by Crippen LogP contribution is -2.43. The summed E-state index contributed by atoms with van der Waals surface area (Å²) in [7, 11) is 1.34. The third-order valence-corrected chi connectivity index (χ3v) is 4.75. The van der Waals surface area contributed by atoms with Crippen LogP contribution < -0.4 is 5.32 Å². The number of likely N-dealkylation sites (tertiary alicyclic amines) is 1. The first kappa shape index (κ1) is 16.4. The van der Waals surface area contributed by atoms with Crippen molar-refractivity contribution in [2.45, 2.75) is 0 Å². The second-order valence-corrected chi connectivity index (χ2v) is 6.18. The number of carbonyl (C=O) groups excluding carboxylic acids is 3. The molecule has 1 N–H and O–H groups in total. The van der Waals surface area contributed by atoms with Gasteiger partial charge in [-0.25, -0.2) is 0 Å². The Morgan fingerprint density at radius 1 is 1.33 bits per heavy atom. The highest BCUT2D eigenvalue weighted by molar-refractivity contribution is 5.96. The van der Waals surface area contributed by atoms with E-state index < -0.39 is 5.41 Å². The number of rotatable bonds is 4. The van der Waals surface area contributed by atoms with Crippen LogP contribution in [-0.2, 0) is 19.1 Å². The predicted octanol–water partition coefficient (Wildman–Crippen LogP) is 0.0644. The molecule has 1 aromatic rings. The SMILES string of the molecule is COC(=O)[C@@]12COC[C@@H]1CN(C(=O)CNC(=O)c1ccccc1)C2. The summed E-state index contributed by atoms with van der Waals surface area (Å²) in [5, 5.41) is 2.62. The van der Waals surface area contributed by atoms with Crippen molar-refractivity contribution in [1.82, 2.24) is 10.2 Å². The smallest absolute Gasteiger partial charge is 0.316 e. The number of methoxy groups -OCH3 is 1. The highest BCUT2D eigenvalue weighted by Crippen LogP contribution is 2.42. The molecule has 7 heteroatoms. The molecule has 2 saturated heterocycles. The van der Waals surface area contributed by atoms with Crippen molar-refractivity contribution in [3.05, 3.63) is 35.9 Å². The van der Waals surface area contributed by atoms with Crippen LogP contribution in [0.1, 0.15) is 10.4 Å². The Balaban J connectivity index is 1.59. The van der Waals surface area contributed by atoms with Crippen molar-refractivity contribution in [2.75, 3.05) is 40.0 Å². The Morgan fingerprint density at radius 3 is 2.79 bits per heavy atom. The minimum Gasteiger partial charge on any atom is -0.468 e. The molecule has 0 aliphatic carbocycles. The average molecular weight is 332 g/mol. The van der Waals surface area contributed by atoms with Gasteiger partial charge in [-0.05, 0) is 12.1 Å². The Morgan fingerprint density at radius 2 is 2.08 bits per heavy atom. The Hall–Kier alpha value is -2.41. The van der Waals surface area contributed by atoms with Gasteiger partial charge in [-0.15, -0.1) is 0 Å². The third-order valence-electron chi connectivity index (χ3n) is 4.75. The number of esters is 1. The van der Waals surface area contributed by atoms with Gasteiger partial charge in [0.1, 0.15) is 5.41 Å². The fraction of sp³-hybridized carbons (Fsp3) is 0.471. The molecule has 0 spiro atoms. The number of hydrogen-bond donors (Lipinski definition) is 1. The van der Waals surface area contributed by atoms with Gasteiger partial charge in [-0.2, -0.15) is 0 Å². The molecule has 1 aromatic carbocycles. The zero-order valence-electron chi connectivity index (χ0n) is 13.5. The zero-order valence-corrected chi connectivity index (χ0v) is 13.5. The van der Waals surface area contributed by atoms with Gasteiger partial charge < -0.3 is 19.7 Å². The zero-order chi connectivity index (χ0) is 17.2. The molecule has 2 aliphatic heterocycles. The van der Waals surface area contributed by atoms with Crippen molar-refractivity contribution in [3.63, 3.8) is 0 Å². The van der Waals surface area contributed by atoms with E-state index in [1.165, 1.54) is 7.11 Å². The van der Waals surface area contributed by atoms with Crippen molar-refractivity contribution in [3.8, 4) is 0 Å². The number of hydrogen-bond acceptors (Lipinski definition) is 5. The molecule has 0 aromatic heterocycles. The first-order valence-corrected chi connectivity index (χ1v) is 7.84. The molecule has 0 saturated carbocycles. The molecule has 7 nitrogen and oxygen atoms in total. The molecular weight excluding hydrogens is 312 g/mol. The minimum absolute atomic E-state index is 0.0567. The van der Waals surface area contributed by atoms with Crippen molar-refractivity contribution in [2.24, 2.45) is 11.3 Å². The van der Waals surface area contributed by atoms with E-state index in [0.717, 1.165) is 0 Å². The van der Waals surface area contributed by atoms with E-state index >= 15 is 0 Å². The van der Waals surface area contributed by atoms with Crippen LogP contribution in [0.2, 0.25) is 0 Å². The molecule has 2 heterocycles. The number of ether oxygens (including phenoxy) is 2. The van der Waals surface area contributed by atoms with Crippen LogP contribution in [0.5, 0.6) is 0 Å². The Kier molecular flexibility index (Phi) is 4.53. The fourth-order valence-corrected chi connectivity index (χ4v) is 3.38. The summed E-state index contributed by atoms with van der Waals surface area (Å²) in [6.45, 7) is 1.32. The number of amides is 2. The number of fused-ring (bicyclic) bond motifs is 1. The Bertz CT molecular complexity index is 648. The van der Waals surface area contributed by atoms with E-state index in [0.29, 0.717) is 18.7 Å². The van der Waals surface area contributed by atoms with Crippen LogP contribution >= 0.6 is 0 Å². The number of nitrogens with zero attached hydrogens (tertiary/aromatic N) is 1. The van der Waals surface area contributed by atoms with E-state index in [1.807, 2.05) is 6.07 Å². The summed E-state index contributed by atoms with van der Waals surface area (Å²) in [6, 6.07) is 8.71. The topological polar surface area (TPSA) is 84.9 Å². The van der Waals surface area contributed by atoms with Crippen molar-refractivity contribution >= 4 is 17.8 Å². The summed E-state index contributed by atoms with van der Waals surface area (Å²) in [6.07, 6.45) is 0. The lowest BCUT2D eigenvalue weighted by molar-refractivity contribution is -0.153. The number of benzene rings is 1. The molecular formula is C17H20N2O5. The molecule has 128 valence electrons. The summed E-state index contributed by atoms with van der Waals surface area (Å²) in [5.41, 5.74) is -0.267. The van der Waals surface area contributed by atoms with Gasteiger partial charge in [0, 0.05) is 24.6 Å². The van der Waals surface area contributed by atoms with Crippen molar-refractivity contribution < 1.29 is 23.9 Å². The van der Waals surface area contributed by atoms with E-state index in [2.05, 4.69) is 5.32 Å². The van der Waals surface area contributed by atoms with E-state index in [9.17, 15) is 14.4 Å². The van der Waals surface area contributed by atoms with Gasteiger partial charge in [0.15, 0.2) is 0 Å². The standard InChI is InChI=1S/C17H20N2O5/c1-23-16(22)17-10-19(8-13(17)9-24-11-17)14(20)7-18-15(21)12-5-3-2-4-6-12/h2-6,13H,7-11H2,1H3,(H,18,21)/t13-,17-/m0/s1. The maximum absolute atomic E-state index is 12.4. The van der Waals surface area contributed by atoms with Gasteiger partial charge in [0.2, 0.25) is 5.91 Å². The van der Waals surface area contributed by atoms with Crippen LogP contribution in [0, 0.1) is 11.3 Å². The molecule has 2 amide bonds. The number of nitrogens with one attached hydrogen (secondary N) is 1. The van der Waals surface area contributed by atoms with E-state index in [-0.39, 0.29) is 43.4 Å². The molecule has 0 unspecified atom stereocenters. The van der Waals surface area contributed by atoms with Crippen LogP contribution in [0.15, 0.2) is 30.3 Å². The molecule has 2 aliphatic rings. The fourth-order valence-electron chi connectivity index (χ4n) is 3.38. The van der Waals surface area contributed by atoms with E-state index in [1.54, 1.807) is 29.2 Å². The first-order valence-electron chi connectivity index (χ1n) is 7.84. The highest BCUT2D eigenvalue weighted by atomic mass is 16.5. The summed E-state index contributed by atoms with van der Waals surface area (Å²) >= 11 is 0. The van der Waals surface area contributed by atoms with Crippen LogP contribution in [0.3, 0.4) is 0 Å². The van der Waals surface area contributed by atoms with Crippen LogP contribution in [-0.4, -0.2) is 62.6 Å². The maximum Gasteiger partial charge on any atom is 0.316 e. The molecule has 2 atom stereocenters. The summed E-state index contributed by atoms with van der Waals surface area (Å²) in [5.74, 6) is -0.904. The van der Waals surface area contributed by atoms with Gasteiger partial charge >= 0.3 is 5.97 Å². The summed E-state index contributed by atoms with van der Waals surface area (Å²) in [4.78, 5) is 38.1. The largest absolute Gasteiger partial charge is 0.468 e. The van der Waals surface area contributed by atoms with Gasteiger partial charge in [-0.1, -0.05) is 18.2 Å². The maximum atomic E-state index is 12.4. The summed E-state index contributed by atoms with van der Waals surface area (Å²) < 4.78 is 10.3. The minimum atomic E-state index is -0.770. The third kappa shape index (κ3) is 2.87. The van der Waals surface area contributed by atoms with Gasteiger partial charge in [0.25, 0.3) is 5.91 Å². The molecule has 24 heavy (non-hydrogen) atoms. The monoisotopic (exact) mass is 332 g/mol. The van der Waals surface area contributed by atoms with Gasteiger partial charge in [0.05, 0.1) is 26.9 Å². The highest BCUT2D eigenvalue weighted by Gasteiger charge is 2.57. The Labute approximate surface area is 139 Å². The second-order valence-electron chi connectivity index (χ2n) is 6.18. The second kappa shape index (κ2) is 6.60. The van der Waals surface area contributed by atoms with Crippen molar-refractivity contribution in [1.29, 1.82) is 0 Å². The quantitative estimate of drug-likeness (QED) is 0.789. The van der Waals surface area contributed by atoms with Crippen LogP contribution in [0.25, 0.3) is 0 Å². The molecule has 2 fully saturated rings. The number of carbonyl (C=O) groups is 3. The first-order chi connectivity index (χ1) is 11.6. The van der Waals surface area contributed by atoms with E-state index in [4.69, 9.17) is 9.47 Å². The average Bonchev–Trinajstić information content (AvgIpc) is 3.17. The predicted molar refractivity (Wildman–Crippen MR) is 84.1 cm³/mol.